The standard InChI is InChI=1S/C15H19NO3/c1-3-12(13-7-5-4-6-8-13)11-14(17)16(2)10-9-15(18)19/h3-8,12H,1,9-11H2,2H3,(H,18,19). The van der Waals surface area contributed by atoms with E-state index >= 15 is 0 Å². The maximum atomic E-state index is 12.0. The highest BCUT2D eigenvalue weighted by molar-refractivity contribution is 5.78. The summed E-state index contributed by atoms with van der Waals surface area (Å²) in [7, 11) is 1.62. The van der Waals surface area contributed by atoms with Crippen LogP contribution in [-0.4, -0.2) is 35.5 Å². The summed E-state index contributed by atoms with van der Waals surface area (Å²) in [6.45, 7) is 3.99. The number of allylic oxidation sites excluding steroid dienone is 1. The Morgan fingerprint density at radius 1 is 1.37 bits per heavy atom. The highest BCUT2D eigenvalue weighted by Gasteiger charge is 2.16. The first-order valence-corrected chi connectivity index (χ1v) is 6.18. The third-order valence-electron chi connectivity index (χ3n) is 2.99. The fourth-order valence-corrected chi connectivity index (χ4v) is 1.77. The van der Waals surface area contributed by atoms with Gasteiger partial charge in [0.15, 0.2) is 0 Å². The Bertz CT molecular complexity index is 442. The smallest absolute Gasteiger partial charge is 0.305 e. The fourth-order valence-electron chi connectivity index (χ4n) is 1.77. The van der Waals surface area contributed by atoms with Crippen LogP contribution in [0.2, 0.25) is 0 Å². The topological polar surface area (TPSA) is 57.6 Å². The Morgan fingerprint density at radius 2 is 2.00 bits per heavy atom. The quantitative estimate of drug-likeness (QED) is 0.766. The van der Waals surface area contributed by atoms with Gasteiger partial charge in [-0.25, -0.2) is 0 Å². The molecule has 0 fully saturated rings. The second kappa shape index (κ2) is 7.36. The van der Waals surface area contributed by atoms with Gasteiger partial charge >= 0.3 is 5.97 Å². The molecule has 102 valence electrons. The van der Waals surface area contributed by atoms with Crippen molar-refractivity contribution in [3.05, 3.63) is 48.6 Å². The van der Waals surface area contributed by atoms with Gasteiger partial charge in [0, 0.05) is 25.9 Å². The van der Waals surface area contributed by atoms with Crippen molar-refractivity contribution >= 4 is 11.9 Å². The van der Waals surface area contributed by atoms with Crippen molar-refractivity contribution in [1.29, 1.82) is 0 Å². The molecule has 0 saturated heterocycles. The molecule has 1 aromatic carbocycles. The van der Waals surface area contributed by atoms with Crippen LogP contribution < -0.4 is 0 Å². The van der Waals surface area contributed by atoms with E-state index in [2.05, 4.69) is 6.58 Å². The molecule has 1 rings (SSSR count). The summed E-state index contributed by atoms with van der Waals surface area (Å²) in [4.78, 5) is 23.9. The number of amides is 1. The van der Waals surface area contributed by atoms with Crippen LogP contribution in [0, 0.1) is 0 Å². The van der Waals surface area contributed by atoms with Gasteiger partial charge in [0.1, 0.15) is 0 Å². The van der Waals surface area contributed by atoms with Gasteiger partial charge in [-0.05, 0) is 5.56 Å². The van der Waals surface area contributed by atoms with E-state index in [4.69, 9.17) is 5.11 Å². The monoisotopic (exact) mass is 261 g/mol. The molecule has 1 unspecified atom stereocenters. The Hall–Kier alpha value is -2.10. The van der Waals surface area contributed by atoms with Gasteiger partial charge in [-0.15, -0.1) is 6.58 Å². The second-order valence-electron chi connectivity index (χ2n) is 4.42. The number of carbonyl (C=O) groups is 2. The third-order valence-corrected chi connectivity index (χ3v) is 2.99. The minimum atomic E-state index is -0.900. The van der Waals surface area contributed by atoms with Crippen LogP contribution in [0.15, 0.2) is 43.0 Å². The van der Waals surface area contributed by atoms with E-state index in [0.29, 0.717) is 6.42 Å². The minimum absolute atomic E-state index is 0.0354. The lowest BCUT2D eigenvalue weighted by Crippen LogP contribution is -2.29. The Morgan fingerprint density at radius 3 is 2.53 bits per heavy atom. The molecular weight excluding hydrogens is 242 g/mol. The van der Waals surface area contributed by atoms with E-state index < -0.39 is 5.97 Å². The Kier molecular flexibility index (Phi) is 5.79. The molecule has 19 heavy (non-hydrogen) atoms. The average Bonchev–Trinajstić information content (AvgIpc) is 2.42. The number of carboxylic acids is 1. The molecule has 4 nitrogen and oxygen atoms in total. The van der Waals surface area contributed by atoms with E-state index in [1.165, 1.54) is 4.90 Å². The largest absolute Gasteiger partial charge is 0.481 e. The van der Waals surface area contributed by atoms with Crippen molar-refractivity contribution in [3.63, 3.8) is 0 Å². The predicted octanol–water partition coefficient (Wildman–Crippen LogP) is 2.28. The summed E-state index contributed by atoms with van der Waals surface area (Å²) in [5.41, 5.74) is 1.04. The average molecular weight is 261 g/mol. The molecular formula is C15H19NO3. The fraction of sp³-hybridized carbons (Fsp3) is 0.333. The van der Waals surface area contributed by atoms with Gasteiger partial charge in [0.25, 0.3) is 0 Å². The van der Waals surface area contributed by atoms with Gasteiger partial charge in [0.2, 0.25) is 5.91 Å². The van der Waals surface area contributed by atoms with Crippen LogP contribution in [0.4, 0.5) is 0 Å². The van der Waals surface area contributed by atoms with Crippen molar-refractivity contribution in [2.24, 2.45) is 0 Å². The number of aliphatic carboxylic acids is 1. The molecule has 0 heterocycles. The number of rotatable bonds is 7. The zero-order valence-electron chi connectivity index (χ0n) is 11.1. The Labute approximate surface area is 113 Å². The number of carbonyl (C=O) groups excluding carboxylic acids is 1. The molecule has 1 aromatic rings. The number of benzene rings is 1. The molecule has 1 N–H and O–H groups in total. The summed E-state index contributed by atoms with van der Waals surface area (Å²) in [6.07, 6.45) is 2.02. The highest BCUT2D eigenvalue weighted by atomic mass is 16.4. The van der Waals surface area contributed by atoms with Crippen molar-refractivity contribution in [1.82, 2.24) is 4.90 Å². The summed E-state index contributed by atoms with van der Waals surface area (Å²) in [5.74, 6) is -1.01. The number of hydrogen-bond acceptors (Lipinski definition) is 2. The molecule has 0 aliphatic heterocycles. The first-order chi connectivity index (χ1) is 9.04. The van der Waals surface area contributed by atoms with E-state index in [1.807, 2.05) is 30.3 Å². The van der Waals surface area contributed by atoms with Gasteiger partial charge in [-0.1, -0.05) is 36.4 Å². The maximum Gasteiger partial charge on any atom is 0.305 e. The predicted molar refractivity (Wildman–Crippen MR) is 73.9 cm³/mol. The van der Waals surface area contributed by atoms with Crippen LogP contribution in [0.5, 0.6) is 0 Å². The first kappa shape index (κ1) is 15.0. The summed E-state index contributed by atoms with van der Waals surface area (Å²) < 4.78 is 0. The lowest BCUT2D eigenvalue weighted by Gasteiger charge is -2.19. The molecule has 0 aliphatic carbocycles. The summed E-state index contributed by atoms with van der Waals surface area (Å²) in [5, 5.41) is 8.60. The number of carboxylic acid groups (broad SMARTS) is 1. The number of hydrogen-bond donors (Lipinski definition) is 1. The van der Waals surface area contributed by atoms with Gasteiger partial charge in [0.05, 0.1) is 6.42 Å². The lowest BCUT2D eigenvalue weighted by molar-refractivity contribution is -0.138. The van der Waals surface area contributed by atoms with E-state index in [-0.39, 0.29) is 24.8 Å². The molecule has 0 aromatic heterocycles. The molecule has 4 heteroatoms. The molecule has 0 saturated carbocycles. The zero-order valence-corrected chi connectivity index (χ0v) is 11.1. The van der Waals surface area contributed by atoms with Crippen molar-refractivity contribution in [3.8, 4) is 0 Å². The summed E-state index contributed by atoms with van der Waals surface area (Å²) >= 11 is 0. The first-order valence-electron chi connectivity index (χ1n) is 6.18. The normalized spacial score (nSPS) is 11.6. The van der Waals surface area contributed by atoms with Crippen molar-refractivity contribution in [2.75, 3.05) is 13.6 Å². The molecule has 1 atom stereocenters. The van der Waals surface area contributed by atoms with E-state index in [0.717, 1.165) is 5.56 Å². The van der Waals surface area contributed by atoms with E-state index in [9.17, 15) is 9.59 Å². The van der Waals surface area contributed by atoms with Gasteiger partial charge in [-0.3, -0.25) is 9.59 Å². The zero-order chi connectivity index (χ0) is 14.3. The van der Waals surface area contributed by atoms with Crippen LogP contribution in [0.25, 0.3) is 0 Å². The second-order valence-corrected chi connectivity index (χ2v) is 4.42. The van der Waals surface area contributed by atoms with Crippen LogP contribution in [-0.2, 0) is 9.59 Å². The summed E-state index contributed by atoms with van der Waals surface area (Å²) in [6, 6.07) is 9.67. The van der Waals surface area contributed by atoms with Gasteiger partial charge in [-0.2, -0.15) is 0 Å². The molecule has 0 spiro atoms. The minimum Gasteiger partial charge on any atom is -0.481 e. The SMILES string of the molecule is C=CC(CC(=O)N(C)CCC(=O)O)c1ccccc1. The molecule has 1 amide bonds. The van der Waals surface area contributed by atoms with Crippen molar-refractivity contribution in [2.45, 2.75) is 18.8 Å². The highest BCUT2D eigenvalue weighted by Crippen LogP contribution is 2.21. The molecule has 0 radical (unpaired) electrons. The van der Waals surface area contributed by atoms with Crippen LogP contribution in [0.1, 0.15) is 24.3 Å². The molecule has 0 aliphatic rings. The maximum absolute atomic E-state index is 12.0. The molecule has 0 bridgehead atoms. The lowest BCUT2D eigenvalue weighted by atomic mass is 9.95. The number of nitrogens with zero attached hydrogens (tertiary/aromatic N) is 1. The van der Waals surface area contributed by atoms with Crippen LogP contribution >= 0.6 is 0 Å². The van der Waals surface area contributed by atoms with Crippen LogP contribution in [0.3, 0.4) is 0 Å². The third kappa shape index (κ3) is 4.95. The Balaban J connectivity index is 2.58. The van der Waals surface area contributed by atoms with Gasteiger partial charge < -0.3 is 10.0 Å². The van der Waals surface area contributed by atoms with E-state index in [1.54, 1.807) is 13.1 Å². The van der Waals surface area contributed by atoms with Crippen molar-refractivity contribution < 1.29 is 14.7 Å².